The van der Waals surface area contributed by atoms with Gasteiger partial charge in [0.2, 0.25) is 0 Å². The van der Waals surface area contributed by atoms with E-state index in [-0.39, 0.29) is 31.1 Å². The number of allylic oxidation sites excluding steroid dienone is 14. The van der Waals surface area contributed by atoms with Crippen molar-refractivity contribution in [3.63, 3.8) is 0 Å². The van der Waals surface area contributed by atoms with E-state index in [1.54, 1.807) is 0 Å². The summed E-state index contributed by atoms with van der Waals surface area (Å²) in [6.07, 6.45) is 87.5. The Morgan fingerprint density at radius 2 is 0.500 bits per heavy atom. The SMILES string of the molecule is CC/C=C\C/C=C\C/C=C\C/C=C\CCCCC(=O)OCC(COC(=O)CCCCCCCCCCCCCC/C=C\C/C=C\C/C=C\CCCCCCC)OC(=O)CCCCCCCCCCCCCCCCCCCC. The highest BCUT2D eigenvalue weighted by Gasteiger charge is 2.19. The summed E-state index contributed by atoms with van der Waals surface area (Å²) in [4.78, 5) is 38.4. The maximum atomic E-state index is 12.9. The lowest BCUT2D eigenvalue weighted by Gasteiger charge is -2.18. The van der Waals surface area contributed by atoms with Gasteiger partial charge in [0.05, 0.1) is 0 Å². The van der Waals surface area contributed by atoms with Crippen LogP contribution in [0.1, 0.15) is 335 Å². The largest absolute Gasteiger partial charge is 0.462 e. The zero-order valence-electron chi connectivity index (χ0n) is 51.7. The third-order valence-electron chi connectivity index (χ3n) is 14.6. The number of esters is 3. The second-order valence-electron chi connectivity index (χ2n) is 22.4. The first kappa shape index (κ1) is 74.6. The highest BCUT2D eigenvalue weighted by molar-refractivity contribution is 5.71. The molecule has 0 spiro atoms. The van der Waals surface area contributed by atoms with Gasteiger partial charge in [-0.15, -0.1) is 0 Å². The van der Waals surface area contributed by atoms with Crippen molar-refractivity contribution in [2.24, 2.45) is 0 Å². The third-order valence-corrected chi connectivity index (χ3v) is 14.6. The zero-order chi connectivity index (χ0) is 56.4. The van der Waals surface area contributed by atoms with Crippen LogP contribution in [0.15, 0.2) is 85.1 Å². The van der Waals surface area contributed by atoms with Gasteiger partial charge in [0, 0.05) is 19.3 Å². The molecule has 0 aliphatic carbocycles. The third kappa shape index (κ3) is 63.4. The Bertz CT molecular complexity index is 1480. The molecule has 0 aromatic heterocycles. The van der Waals surface area contributed by atoms with Gasteiger partial charge < -0.3 is 14.2 Å². The average Bonchev–Trinajstić information content (AvgIpc) is 3.44. The number of ether oxygens (including phenoxy) is 3. The summed E-state index contributed by atoms with van der Waals surface area (Å²) in [5, 5.41) is 0. The minimum atomic E-state index is -0.794. The van der Waals surface area contributed by atoms with Crippen molar-refractivity contribution < 1.29 is 28.6 Å². The van der Waals surface area contributed by atoms with Crippen molar-refractivity contribution in [3.05, 3.63) is 85.1 Å². The van der Waals surface area contributed by atoms with Gasteiger partial charge in [0.25, 0.3) is 0 Å². The molecule has 0 saturated heterocycles. The molecular formula is C72H126O6. The predicted molar refractivity (Wildman–Crippen MR) is 339 cm³/mol. The molecule has 6 nitrogen and oxygen atoms in total. The lowest BCUT2D eigenvalue weighted by atomic mass is 10.0. The topological polar surface area (TPSA) is 78.9 Å². The van der Waals surface area contributed by atoms with Gasteiger partial charge in [-0.2, -0.15) is 0 Å². The summed E-state index contributed by atoms with van der Waals surface area (Å²) in [6.45, 7) is 6.52. The van der Waals surface area contributed by atoms with Crippen LogP contribution in [-0.4, -0.2) is 37.2 Å². The number of hydrogen-bond donors (Lipinski definition) is 0. The van der Waals surface area contributed by atoms with Crippen LogP contribution in [0.25, 0.3) is 0 Å². The molecule has 1 atom stereocenters. The van der Waals surface area contributed by atoms with Crippen molar-refractivity contribution >= 4 is 17.9 Å². The smallest absolute Gasteiger partial charge is 0.306 e. The Balaban J connectivity index is 4.32. The van der Waals surface area contributed by atoms with E-state index in [9.17, 15) is 14.4 Å². The van der Waals surface area contributed by atoms with Crippen molar-refractivity contribution in [1.29, 1.82) is 0 Å². The zero-order valence-corrected chi connectivity index (χ0v) is 51.7. The van der Waals surface area contributed by atoms with Crippen LogP contribution in [0.5, 0.6) is 0 Å². The van der Waals surface area contributed by atoms with E-state index in [4.69, 9.17) is 14.2 Å². The van der Waals surface area contributed by atoms with Gasteiger partial charge in [-0.25, -0.2) is 0 Å². The average molecular weight is 1090 g/mol. The molecule has 0 rings (SSSR count). The Labute approximate surface area is 484 Å². The second kappa shape index (κ2) is 66.1. The molecule has 0 N–H and O–H groups in total. The van der Waals surface area contributed by atoms with E-state index in [0.717, 1.165) is 96.3 Å². The molecule has 0 aliphatic rings. The first-order valence-corrected chi connectivity index (χ1v) is 33.6. The summed E-state index contributed by atoms with van der Waals surface area (Å²) in [6, 6.07) is 0. The van der Waals surface area contributed by atoms with Crippen LogP contribution < -0.4 is 0 Å². The summed E-state index contributed by atoms with van der Waals surface area (Å²) in [7, 11) is 0. The monoisotopic (exact) mass is 1090 g/mol. The van der Waals surface area contributed by atoms with Crippen molar-refractivity contribution in [2.45, 2.75) is 341 Å². The van der Waals surface area contributed by atoms with Gasteiger partial charge in [0.15, 0.2) is 6.10 Å². The van der Waals surface area contributed by atoms with Crippen molar-refractivity contribution in [2.75, 3.05) is 13.2 Å². The summed E-state index contributed by atoms with van der Waals surface area (Å²) >= 11 is 0. The molecule has 0 aromatic rings. The molecule has 78 heavy (non-hydrogen) atoms. The molecular weight excluding hydrogens is 961 g/mol. The molecule has 0 saturated carbocycles. The number of unbranched alkanes of at least 4 members (excludes halogenated alkanes) is 36. The van der Waals surface area contributed by atoms with Gasteiger partial charge in [-0.1, -0.05) is 305 Å². The maximum Gasteiger partial charge on any atom is 0.306 e. The summed E-state index contributed by atoms with van der Waals surface area (Å²) in [5.74, 6) is -0.916. The predicted octanol–water partition coefficient (Wildman–Crippen LogP) is 23.1. The van der Waals surface area contributed by atoms with Crippen LogP contribution in [0.2, 0.25) is 0 Å². The lowest BCUT2D eigenvalue weighted by Crippen LogP contribution is -2.30. The number of carbonyl (C=O) groups excluding carboxylic acids is 3. The first-order valence-electron chi connectivity index (χ1n) is 33.6. The highest BCUT2D eigenvalue weighted by atomic mass is 16.6. The van der Waals surface area contributed by atoms with Crippen molar-refractivity contribution in [1.82, 2.24) is 0 Å². The van der Waals surface area contributed by atoms with E-state index in [2.05, 4.69) is 106 Å². The number of hydrogen-bond acceptors (Lipinski definition) is 6. The number of rotatable bonds is 61. The molecule has 0 bridgehead atoms. The standard InChI is InChI=1S/C72H126O6/c1-4-7-10-13-16-19-22-25-28-30-32-33-34-35-36-37-38-39-40-42-44-47-50-53-56-59-62-65-71(74)77-68-69(67-76-70(73)64-61-58-55-52-49-46-43-27-24-21-18-15-12-9-6-3)78-72(75)66-63-60-57-54-51-48-45-41-31-29-26-23-20-17-14-11-8-5-2/h9,12,18,21-22,25,27,30,32,34-35,43,49,52,69H,4-8,10-11,13-17,19-20,23-24,26,28-29,31,33,36-42,44-48,50-51,53-68H2,1-3H3/b12-9-,21-18-,25-22-,32-30-,35-34-,43-27-,52-49-. The van der Waals surface area contributed by atoms with Crippen molar-refractivity contribution in [3.8, 4) is 0 Å². The van der Waals surface area contributed by atoms with Crippen LogP contribution in [0, 0.1) is 0 Å². The van der Waals surface area contributed by atoms with E-state index in [0.29, 0.717) is 19.3 Å². The van der Waals surface area contributed by atoms with Crippen LogP contribution in [-0.2, 0) is 28.6 Å². The Hall–Kier alpha value is -3.41. The summed E-state index contributed by atoms with van der Waals surface area (Å²) < 4.78 is 16.9. The van der Waals surface area contributed by atoms with Crippen LogP contribution >= 0.6 is 0 Å². The van der Waals surface area contributed by atoms with Gasteiger partial charge in [-0.3, -0.25) is 14.4 Å². The molecule has 0 heterocycles. The quantitative estimate of drug-likeness (QED) is 0.0261. The van der Waals surface area contributed by atoms with Gasteiger partial charge in [0.1, 0.15) is 13.2 Å². The molecule has 0 fully saturated rings. The van der Waals surface area contributed by atoms with Crippen LogP contribution in [0.3, 0.4) is 0 Å². The number of carbonyl (C=O) groups is 3. The Morgan fingerprint density at radius 1 is 0.269 bits per heavy atom. The van der Waals surface area contributed by atoms with E-state index >= 15 is 0 Å². The van der Waals surface area contributed by atoms with E-state index < -0.39 is 6.10 Å². The molecule has 1 unspecified atom stereocenters. The molecule has 450 valence electrons. The molecule has 0 aliphatic heterocycles. The Morgan fingerprint density at radius 3 is 0.808 bits per heavy atom. The fourth-order valence-corrected chi connectivity index (χ4v) is 9.62. The Kier molecular flexibility index (Phi) is 63.2. The minimum Gasteiger partial charge on any atom is -0.462 e. The van der Waals surface area contributed by atoms with E-state index in [1.165, 1.54) is 199 Å². The molecule has 0 radical (unpaired) electrons. The normalized spacial score (nSPS) is 12.6. The van der Waals surface area contributed by atoms with Gasteiger partial charge in [-0.05, 0) is 96.3 Å². The highest BCUT2D eigenvalue weighted by Crippen LogP contribution is 2.17. The lowest BCUT2D eigenvalue weighted by molar-refractivity contribution is -0.167. The second-order valence-corrected chi connectivity index (χ2v) is 22.4. The molecule has 0 amide bonds. The fourth-order valence-electron chi connectivity index (χ4n) is 9.62. The molecule has 0 aromatic carbocycles. The first-order chi connectivity index (χ1) is 38.5. The summed E-state index contributed by atoms with van der Waals surface area (Å²) in [5.41, 5.74) is 0. The van der Waals surface area contributed by atoms with Gasteiger partial charge >= 0.3 is 17.9 Å². The molecule has 6 heteroatoms. The van der Waals surface area contributed by atoms with Crippen LogP contribution in [0.4, 0.5) is 0 Å². The maximum absolute atomic E-state index is 12.9. The minimum absolute atomic E-state index is 0.0878. The fraction of sp³-hybridized carbons (Fsp3) is 0.764. The van der Waals surface area contributed by atoms with E-state index in [1.807, 2.05) is 0 Å².